The van der Waals surface area contributed by atoms with E-state index in [0.29, 0.717) is 12.8 Å². The number of carbonyl (C=O) groups is 2. The fourth-order valence-electron chi connectivity index (χ4n) is 3.91. The van der Waals surface area contributed by atoms with Crippen molar-refractivity contribution in [3.05, 3.63) is 43.0 Å². The van der Waals surface area contributed by atoms with Crippen LogP contribution in [0.5, 0.6) is 0 Å². The first-order valence-corrected chi connectivity index (χ1v) is 12.5. The molecule has 2 amide bonds. The number of ether oxygens (including phenoxy) is 1. The molecule has 1 aliphatic carbocycles. The first-order chi connectivity index (χ1) is 15.9. The molecular formula is C23H27N5O5S. The Morgan fingerprint density at radius 3 is 2.44 bits per heavy atom. The molecule has 2 aliphatic rings. The van der Waals surface area contributed by atoms with E-state index in [-0.39, 0.29) is 17.9 Å². The number of imidazole rings is 1. The van der Waals surface area contributed by atoms with Crippen LogP contribution in [0.25, 0.3) is 5.69 Å². The lowest BCUT2D eigenvalue weighted by atomic mass is 10.2. The Labute approximate surface area is 198 Å². The van der Waals surface area contributed by atoms with Crippen LogP contribution < -0.4 is 5.32 Å². The zero-order valence-corrected chi connectivity index (χ0v) is 20.1. The van der Waals surface area contributed by atoms with E-state index in [1.54, 1.807) is 56.2 Å². The summed E-state index contributed by atoms with van der Waals surface area (Å²) in [4.78, 5) is 31.1. The van der Waals surface area contributed by atoms with Crippen LogP contribution >= 0.6 is 0 Å². The van der Waals surface area contributed by atoms with E-state index in [4.69, 9.17) is 4.74 Å². The Morgan fingerprint density at radius 2 is 1.91 bits per heavy atom. The Balaban J connectivity index is 1.58. The number of benzene rings is 1. The highest BCUT2D eigenvalue weighted by Crippen LogP contribution is 2.36. The number of sulfone groups is 1. The number of carbonyl (C=O) groups excluding carboxylic acids is 2. The first-order valence-electron chi connectivity index (χ1n) is 11.0. The molecule has 0 bridgehead atoms. The van der Waals surface area contributed by atoms with Gasteiger partial charge in [-0.15, -0.1) is 0 Å². The molecule has 2 atom stereocenters. The summed E-state index contributed by atoms with van der Waals surface area (Å²) in [5.74, 6) is -0.543. The van der Waals surface area contributed by atoms with Crippen molar-refractivity contribution in [2.75, 3.05) is 6.54 Å². The molecular weight excluding hydrogens is 458 g/mol. The lowest BCUT2D eigenvalue weighted by Gasteiger charge is -2.28. The Kier molecular flexibility index (Phi) is 5.89. The molecule has 2 heterocycles. The second-order valence-corrected chi connectivity index (χ2v) is 11.9. The highest BCUT2D eigenvalue weighted by atomic mass is 32.2. The monoisotopic (exact) mass is 485 g/mol. The van der Waals surface area contributed by atoms with E-state index in [1.165, 1.54) is 12.1 Å². The van der Waals surface area contributed by atoms with Crippen LogP contribution in [0.1, 0.15) is 40.0 Å². The summed E-state index contributed by atoms with van der Waals surface area (Å²) < 4.78 is 34.0. The van der Waals surface area contributed by atoms with Gasteiger partial charge in [-0.3, -0.25) is 9.69 Å². The van der Waals surface area contributed by atoms with Gasteiger partial charge in [-0.05, 0) is 64.3 Å². The average Bonchev–Trinajstić information content (AvgIpc) is 3.19. The Hall–Kier alpha value is -3.39. The number of nitrogens with zero attached hydrogens (tertiary/aromatic N) is 4. The normalized spacial score (nSPS) is 21.5. The molecule has 34 heavy (non-hydrogen) atoms. The lowest BCUT2D eigenvalue weighted by molar-refractivity contribution is -0.126. The number of nitrogens with one attached hydrogen (secondary N) is 1. The molecule has 2 aromatic rings. The van der Waals surface area contributed by atoms with Crippen LogP contribution in [0.3, 0.4) is 0 Å². The zero-order chi connectivity index (χ0) is 24.7. The van der Waals surface area contributed by atoms with Crippen molar-refractivity contribution in [3.63, 3.8) is 0 Å². The van der Waals surface area contributed by atoms with Crippen molar-refractivity contribution in [2.24, 2.45) is 0 Å². The molecule has 1 aromatic heterocycles. The van der Waals surface area contributed by atoms with Gasteiger partial charge in [0.25, 0.3) is 0 Å². The van der Waals surface area contributed by atoms with Gasteiger partial charge in [0.2, 0.25) is 5.91 Å². The molecule has 1 aliphatic heterocycles. The number of amides is 2. The lowest BCUT2D eigenvalue weighted by Crippen LogP contribution is -2.50. The van der Waals surface area contributed by atoms with Crippen molar-refractivity contribution >= 4 is 21.8 Å². The second-order valence-electron chi connectivity index (χ2n) is 9.70. The summed E-state index contributed by atoms with van der Waals surface area (Å²) in [7, 11) is -3.85. The summed E-state index contributed by atoms with van der Waals surface area (Å²) in [5, 5.41) is 11.0. The molecule has 1 aromatic carbocycles. The predicted molar refractivity (Wildman–Crippen MR) is 122 cm³/mol. The summed E-state index contributed by atoms with van der Waals surface area (Å²) in [6, 6.07) is 7.38. The maximum Gasteiger partial charge on any atom is 0.411 e. The van der Waals surface area contributed by atoms with Crippen molar-refractivity contribution < 1.29 is 22.7 Å². The van der Waals surface area contributed by atoms with Crippen LogP contribution in [-0.2, 0) is 19.4 Å². The quantitative estimate of drug-likeness (QED) is 0.686. The van der Waals surface area contributed by atoms with Crippen molar-refractivity contribution in [1.82, 2.24) is 19.8 Å². The Morgan fingerprint density at radius 1 is 1.24 bits per heavy atom. The smallest absolute Gasteiger partial charge is 0.411 e. The maximum atomic E-state index is 13.4. The zero-order valence-electron chi connectivity index (χ0n) is 19.3. The van der Waals surface area contributed by atoms with Gasteiger partial charge in [0, 0.05) is 24.6 Å². The molecule has 1 saturated heterocycles. The number of nitriles is 1. The minimum atomic E-state index is -3.85. The summed E-state index contributed by atoms with van der Waals surface area (Å²) in [5.41, 5.74) is -0.999. The minimum Gasteiger partial charge on any atom is -0.444 e. The van der Waals surface area contributed by atoms with Crippen LogP contribution in [-0.4, -0.2) is 63.8 Å². The van der Waals surface area contributed by atoms with Gasteiger partial charge in [-0.25, -0.2) is 18.2 Å². The third kappa shape index (κ3) is 4.77. The van der Waals surface area contributed by atoms with Crippen molar-refractivity contribution in [2.45, 2.75) is 67.4 Å². The van der Waals surface area contributed by atoms with Gasteiger partial charge in [0.15, 0.2) is 9.84 Å². The van der Waals surface area contributed by atoms with Crippen molar-refractivity contribution in [3.8, 4) is 11.8 Å². The van der Waals surface area contributed by atoms with E-state index in [2.05, 4.69) is 16.4 Å². The number of hydrogen-bond acceptors (Lipinski definition) is 7. The maximum absolute atomic E-state index is 13.4. The number of aromatic nitrogens is 2. The van der Waals surface area contributed by atoms with E-state index < -0.39 is 44.3 Å². The van der Waals surface area contributed by atoms with Crippen LogP contribution in [0.15, 0.2) is 47.9 Å². The highest BCUT2D eigenvalue weighted by molar-refractivity contribution is 7.92. The molecule has 180 valence electrons. The van der Waals surface area contributed by atoms with Crippen LogP contribution in [0.2, 0.25) is 0 Å². The van der Waals surface area contributed by atoms with Gasteiger partial charge in [-0.1, -0.05) is 0 Å². The fraction of sp³-hybridized carbons (Fsp3) is 0.478. The van der Waals surface area contributed by atoms with E-state index >= 15 is 0 Å². The van der Waals surface area contributed by atoms with E-state index in [1.807, 2.05) is 0 Å². The molecule has 2 fully saturated rings. The van der Waals surface area contributed by atoms with Gasteiger partial charge in [-0.2, -0.15) is 5.26 Å². The van der Waals surface area contributed by atoms with Crippen LogP contribution in [0, 0.1) is 11.3 Å². The minimum absolute atomic E-state index is 0.0851. The van der Waals surface area contributed by atoms with Crippen molar-refractivity contribution in [1.29, 1.82) is 5.26 Å². The number of hydrogen-bond donors (Lipinski definition) is 1. The fourth-order valence-corrected chi connectivity index (χ4v) is 5.61. The number of rotatable bonds is 5. The Bertz CT molecular complexity index is 1220. The SMILES string of the molecule is CC(C)(C)OC(=O)N1CC(S(=O)(=O)c2ccc(-n3ccnc3)cc2)CC1C(=O)NC1(C#N)CC1. The third-order valence-electron chi connectivity index (χ3n) is 5.93. The standard InChI is InChI=1S/C23H27N5O5S/c1-22(2,3)33-21(30)28-13-18(12-19(28)20(29)26-23(14-24)8-9-23)34(31,32)17-6-4-16(5-7-17)27-11-10-25-15-27/h4-7,10-11,15,18-19H,8-9,12-13H2,1-3H3,(H,26,29). The van der Waals surface area contributed by atoms with Gasteiger partial charge >= 0.3 is 6.09 Å². The third-order valence-corrected chi connectivity index (χ3v) is 8.07. The molecule has 4 rings (SSSR count). The van der Waals surface area contributed by atoms with Crippen LogP contribution in [0.4, 0.5) is 4.79 Å². The first kappa shape index (κ1) is 23.8. The van der Waals surface area contributed by atoms with Gasteiger partial charge in [0.05, 0.1) is 22.5 Å². The molecule has 11 heteroatoms. The highest BCUT2D eigenvalue weighted by Gasteiger charge is 2.51. The van der Waals surface area contributed by atoms with E-state index in [9.17, 15) is 23.3 Å². The molecule has 1 N–H and O–H groups in total. The molecule has 0 spiro atoms. The van der Waals surface area contributed by atoms with E-state index in [0.717, 1.165) is 10.6 Å². The average molecular weight is 486 g/mol. The molecule has 10 nitrogen and oxygen atoms in total. The summed E-state index contributed by atoms with van der Waals surface area (Å²) >= 11 is 0. The predicted octanol–water partition coefficient (Wildman–Crippen LogP) is 2.20. The molecule has 1 saturated carbocycles. The second kappa shape index (κ2) is 8.43. The van der Waals surface area contributed by atoms with Gasteiger partial charge < -0.3 is 14.6 Å². The summed E-state index contributed by atoms with van der Waals surface area (Å²) in [6.45, 7) is 4.90. The summed E-state index contributed by atoms with van der Waals surface area (Å²) in [6.07, 6.45) is 5.18. The molecule has 0 radical (unpaired) electrons. The molecule has 2 unspecified atom stereocenters. The van der Waals surface area contributed by atoms with Gasteiger partial charge in [0.1, 0.15) is 17.2 Å². The largest absolute Gasteiger partial charge is 0.444 e. The number of likely N-dealkylation sites (tertiary alicyclic amines) is 1. The topological polar surface area (TPSA) is 134 Å².